The zero-order valence-corrected chi connectivity index (χ0v) is 32.0. The number of hydrogen-bond acceptors (Lipinski definition) is 10. The molecule has 21 heteroatoms. The van der Waals surface area contributed by atoms with Crippen LogP contribution < -0.4 is 48.1 Å². The Morgan fingerprint density at radius 3 is 0.804 bits per heavy atom. The van der Waals surface area contributed by atoms with E-state index in [-0.39, 0.29) is 67.4 Å². The molecule has 4 rings (SSSR count). The lowest BCUT2D eigenvalue weighted by Crippen LogP contribution is -2.36. The molecule has 0 atom stereocenters. The van der Waals surface area contributed by atoms with Crippen LogP contribution in [0, 0.1) is 0 Å². The number of methoxy groups -OCH3 is 9. The van der Waals surface area contributed by atoms with E-state index < -0.39 is 45.9 Å². The molecule has 10 nitrogen and oxygen atoms in total. The van der Waals surface area contributed by atoms with E-state index in [2.05, 4.69) is 0 Å². The Hall–Kier alpha value is -5.34. The van der Waals surface area contributed by atoms with Crippen molar-refractivity contribution in [3.05, 3.63) is 65.7 Å². The highest BCUT2D eigenvalue weighted by Gasteiger charge is 2.53. The molecule has 0 spiro atoms. The van der Waals surface area contributed by atoms with Crippen LogP contribution in [0.5, 0.6) is 51.7 Å². The first-order valence-corrected chi connectivity index (χ1v) is 17.1. The molecule has 56 heavy (non-hydrogen) atoms. The lowest BCUT2D eigenvalue weighted by Gasteiger charge is -2.23. The Bertz CT molecular complexity index is 1740. The number of hydrogen-bond donors (Lipinski definition) is 0. The van der Waals surface area contributed by atoms with Crippen molar-refractivity contribution in [3.63, 3.8) is 0 Å². The first-order chi connectivity index (χ1) is 26.1. The van der Waals surface area contributed by atoms with Crippen molar-refractivity contribution < 1.29 is 86.1 Å². The van der Waals surface area contributed by atoms with E-state index in [9.17, 15) is 39.3 Å². The Morgan fingerprint density at radius 2 is 0.643 bits per heavy atom. The number of benzene rings is 4. The molecule has 0 bridgehead atoms. The highest BCUT2D eigenvalue weighted by atomic mass is 32.2. The molecule has 0 heterocycles. The predicted molar refractivity (Wildman–Crippen MR) is 186 cm³/mol. The summed E-state index contributed by atoms with van der Waals surface area (Å²) in [6.45, 7) is -5.95. The van der Waals surface area contributed by atoms with Crippen molar-refractivity contribution in [2.75, 3.05) is 64.0 Å². The second-order valence-corrected chi connectivity index (χ2v) is 13.4. The molecular formula is C35H36BF9O10S. The average Bonchev–Trinajstić information content (AvgIpc) is 3.17. The highest BCUT2D eigenvalue weighted by Crippen LogP contribution is 2.58. The van der Waals surface area contributed by atoms with Gasteiger partial charge in [0.1, 0.15) is 17.2 Å². The van der Waals surface area contributed by atoms with Gasteiger partial charge in [-0.15, -0.1) is 5.46 Å². The second kappa shape index (κ2) is 17.6. The average molecular weight is 831 g/mol. The molecule has 0 radical (unpaired) electrons. The Balaban J connectivity index is 0.000000391. The van der Waals surface area contributed by atoms with Gasteiger partial charge in [-0.3, -0.25) is 0 Å². The van der Waals surface area contributed by atoms with Crippen molar-refractivity contribution >= 4 is 22.4 Å². The summed E-state index contributed by atoms with van der Waals surface area (Å²) in [5, 5.41) is 0. The molecule has 0 fully saturated rings. The summed E-state index contributed by atoms with van der Waals surface area (Å²) in [6.07, 6.45) is -10.6. The molecule has 308 valence electrons. The third-order valence-corrected chi connectivity index (χ3v) is 10.8. The molecule has 0 N–H and O–H groups in total. The van der Waals surface area contributed by atoms with Crippen LogP contribution in [0.1, 0.15) is 11.1 Å². The zero-order valence-electron chi connectivity index (χ0n) is 31.2. The van der Waals surface area contributed by atoms with Crippen LogP contribution in [0.4, 0.5) is 39.3 Å². The van der Waals surface area contributed by atoms with Crippen LogP contribution in [-0.2, 0) is 26.5 Å². The molecule has 4 aromatic rings. The van der Waals surface area contributed by atoms with Gasteiger partial charge in [0.2, 0.25) is 9.93 Å². The molecule has 0 amide bonds. The molecule has 0 aromatic heterocycles. The highest BCUT2D eigenvalue weighted by molar-refractivity contribution is 8.03. The minimum atomic E-state index is -5.95. The quantitative estimate of drug-likeness (QED) is 0.0741. The lowest BCUT2D eigenvalue weighted by atomic mass is 9.78. The van der Waals surface area contributed by atoms with Gasteiger partial charge in [-0.05, 0) is 6.07 Å². The monoisotopic (exact) mass is 830 g/mol. The molecule has 0 aliphatic carbocycles. The van der Waals surface area contributed by atoms with E-state index in [4.69, 9.17) is 42.6 Å². The summed E-state index contributed by atoms with van der Waals surface area (Å²) in [5.74, 6) is 2.68. The smallest absolute Gasteiger partial charge is 0.496 e. The maximum Gasteiger partial charge on any atom is 0.509 e. The van der Waals surface area contributed by atoms with Gasteiger partial charge in [0.05, 0.1) is 75.1 Å². The number of ether oxygens (including phenoxy) is 9. The maximum atomic E-state index is 16.1. The van der Waals surface area contributed by atoms with Crippen LogP contribution in [0.3, 0.4) is 0 Å². The summed E-state index contributed by atoms with van der Waals surface area (Å²) in [7, 11) is 9.62. The largest absolute Gasteiger partial charge is 0.509 e. The number of halogens is 9. The Labute approximate surface area is 316 Å². The van der Waals surface area contributed by atoms with E-state index in [1.807, 2.05) is 0 Å². The van der Waals surface area contributed by atoms with Crippen molar-refractivity contribution in [1.82, 2.24) is 0 Å². The van der Waals surface area contributed by atoms with Gasteiger partial charge in [0, 0.05) is 36.4 Å². The molecule has 4 aromatic carbocycles. The molecule has 0 saturated carbocycles. The van der Waals surface area contributed by atoms with E-state index in [0.29, 0.717) is 17.2 Å². The van der Waals surface area contributed by atoms with Gasteiger partial charge >= 0.3 is 19.3 Å². The van der Waals surface area contributed by atoms with Crippen molar-refractivity contribution in [1.29, 1.82) is 0 Å². The van der Waals surface area contributed by atoms with E-state index in [1.54, 1.807) is 36.4 Å². The van der Waals surface area contributed by atoms with Gasteiger partial charge < -0.3 is 55.6 Å². The van der Waals surface area contributed by atoms with Gasteiger partial charge in [0.15, 0.2) is 34.5 Å². The SMILES string of the molecule is COc1cc(OC)c([S+](=O)(c2c(OC)cc(OC)cc2OC)c2c(OC)cc(OC)cc2OC)c(OC)c1.F[B-](F)(F)c1cc(C(F)(F)F)cc(C(F)(F)F)c1. The minimum absolute atomic E-state index is 0.187. The van der Waals surface area contributed by atoms with Crippen LogP contribution in [-0.4, -0.2) is 71.0 Å². The van der Waals surface area contributed by atoms with E-state index in [1.165, 1.54) is 64.0 Å². The summed E-state index contributed by atoms with van der Waals surface area (Å²) in [4.78, 5) is 0.561. The number of rotatable bonds is 13. The van der Waals surface area contributed by atoms with Gasteiger partial charge in [0.25, 0.3) is 14.7 Å². The van der Waals surface area contributed by atoms with Crippen LogP contribution in [0.15, 0.2) is 69.3 Å². The Morgan fingerprint density at radius 1 is 0.411 bits per heavy atom. The summed E-state index contributed by atoms with van der Waals surface area (Å²) in [5.41, 5.74) is -5.89. The van der Waals surface area contributed by atoms with Crippen molar-refractivity contribution in [2.45, 2.75) is 27.0 Å². The predicted octanol–water partition coefficient (Wildman–Crippen LogP) is 8.52. The van der Waals surface area contributed by atoms with Crippen molar-refractivity contribution in [3.8, 4) is 51.7 Å². The minimum Gasteiger partial charge on any atom is -0.496 e. The fourth-order valence-corrected chi connectivity index (χ4v) is 8.41. The van der Waals surface area contributed by atoms with Crippen molar-refractivity contribution in [2.24, 2.45) is 0 Å². The maximum absolute atomic E-state index is 16.1. The summed E-state index contributed by atoms with van der Waals surface area (Å²) in [6, 6.07) is 8.65. The molecular weight excluding hydrogens is 794 g/mol. The third-order valence-electron chi connectivity index (χ3n) is 7.86. The summed E-state index contributed by atoms with van der Waals surface area (Å²) >= 11 is 0. The second-order valence-electron chi connectivity index (χ2n) is 11.1. The topological polar surface area (TPSA) is 100 Å². The molecule has 0 aliphatic heterocycles. The zero-order chi connectivity index (χ0) is 42.4. The Kier molecular flexibility index (Phi) is 14.2. The normalized spacial score (nSPS) is 11.8. The third kappa shape index (κ3) is 9.36. The van der Waals surface area contributed by atoms with Crippen LogP contribution in [0.25, 0.3) is 0 Å². The number of alkyl halides is 6. The van der Waals surface area contributed by atoms with E-state index in [0.717, 1.165) is 0 Å². The van der Waals surface area contributed by atoms with Gasteiger partial charge in [-0.25, -0.2) is 0 Å². The standard InChI is InChI=1S/C27H33O10S.C8H3BF9/c1-29-16-10-19(32-4)25(20(11-16)33-5)38(28,26-21(34-6)12-17(30-2)13-22(26)35-7)27-23(36-8)14-18(31-3)15-24(27)37-9;10-7(11,12)4-1-5(8(13,14)15)3-6(2-4)9(16,17)18/h10-15H,1-9H3;1-3H/q+1;-1. The summed E-state index contributed by atoms with van der Waals surface area (Å²) < 4.78 is 177. The fraction of sp³-hybridized carbons (Fsp3) is 0.314. The first kappa shape index (κ1) is 45.1. The van der Waals surface area contributed by atoms with Gasteiger partial charge in [-0.2, -0.15) is 26.3 Å². The van der Waals surface area contributed by atoms with Crippen LogP contribution >= 0.6 is 0 Å². The lowest BCUT2D eigenvalue weighted by molar-refractivity contribution is -0.143. The molecule has 0 saturated heterocycles. The van der Waals surface area contributed by atoms with E-state index >= 15 is 4.21 Å². The molecule has 0 unspecified atom stereocenters. The first-order valence-electron chi connectivity index (χ1n) is 15.6. The van der Waals surface area contributed by atoms with Crippen LogP contribution in [0.2, 0.25) is 0 Å². The van der Waals surface area contributed by atoms with Gasteiger partial charge in [-0.1, -0.05) is 16.3 Å². The molecule has 0 aliphatic rings. The fourth-order valence-electron chi connectivity index (χ4n) is 5.25.